The quantitative estimate of drug-likeness (QED) is 0.218. The molecule has 0 bridgehead atoms. The van der Waals surface area contributed by atoms with Gasteiger partial charge in [0.15, 0.2) is 0 Å². The highest BCUT2D eigenvalue weighted by molar-refractivity contribution is 7.84. The summed E-state index contributed by atoms with van der Waals surface area (Å²) in [7, 11) is 0.244. The third-order valence-electron chi connectivity index (χ3n) is 4.20. The minimum atomic E-state index is -1.05. The molecule has 4 N–H and O–H groups in total. The molecule has 8 nitrogen and oxygen atoms in total. The number of aromatic nitrogens is 1. The third-order valence-corrected chi connectivity index (χ3v) is 5.48. The summed E-state index contributed by atoms with van der Waals surface area (Å²) in [6, 6.07) is 12.4. The summed E-state index contributed by atoms with van der Waals surface area (Å²) in [5.41, 5.74) is 10.9. The van der Waals surface area contributed by atoms with E-state index >= 15 is 0 Å². The molecule has 0 amide bonds. The number of pyridine rings is 1. The summed E-state index contributed by atoms with van der Waals surface area (Å²) in [6.07, 6.45) is 1.87. The first-order chi connectivity index (χ1) is 14.4. The second-order valence-electron chi connectivity index (χ2n) is 6.60. The van der Waals surface area contributed by atoms with E-state index in [1.807, 2.05) is 42.5 Å². The van der Waals surface area contributed by atoms with Crippen LogP contribution in [0.2, 0.25) is 0 Å². The number of methoxy groups -OCH3 is 1. The number of anilines is 1. The normalized spacial score (nSPS) is 13.9. The van der Waals surface area contributed by atoms with Crippen LogP contribution in [-0.2, 0) is 20.3 Å². The Morgan fingerprint density at radius 2 is 2.00 bits per heavy atom. The second kappa shape index (κ2) is 12.5. The van der Waals surface area contributed by atoms with Crippen molar-refractivity contribution >= 4 is 35.1 Å². The van der Waals surface area contributed by atoms with E-state index in [2.05, 4.69) is 28.4 Å². The molecule has 0 fully saturated rings. The number of hydroxylamine groups is 1. The third kappa shape index (κ3) is 7.60. The number of carbonyl (C=O) groups excluding carboxylic acids is 1. The number of rotatable bonds is 12. The van der Waals surface area contributed by atoms with Crippen LogP contribution in [0.4, 0.5) is 5.69 Å². The van der Waals surface area contributed by atoms with Crippen LogP contribution in [0.1, 0.15) is 6.42 Å². The van der Waals surface area contributed by atoms with E-state index in [0.717, 1.165) is 5.56 Å². The van der Waals surface area contributed by atoms with Gasteiger partial charge in [0.1, 0.15) is 6.04 Å². The van der Waals surface area contributed by atoms with Gasteiger partial charge in [-0.1, -0.05) is 30.3 Å². The molecule has 0 spiro atoms. The largest absolute Gasteiger partial charge is 0.468 e. The van der Waals surface area contributed by atoms with E-state index in [4.69, 9.17) is 15.3 Å². The Labute approximate surface area is 184 Å². The summed E-state index contributed by atoms with van der Waals surface area (Å²) >= 11 is 4.19. The van der Waals surface area contributed by atoms with Crippen molar-refractivity contribution in [2.45, 2.75) is 18.5 Å². The average molecular weight is 453 g/mol. The molecule has 0 radical (unpaired) electrons. The highest BCUT2D eigenvalue weighted by Gasteiger charge is 2.21. The first-order valence-electron chi connectivity index (χ1n) is 9.41. The zero-order chi connectivity index (χ0) is 21.9. The lowest BCUT2D eigenvalue weighted by atomic mass is 10.1. The van der Waals surface area contributed by atoms with Gasteiger partial charge in [0.2, 0.25) is 0 Å². The number of nitrogens with zero attached hydrogens (tertiary/aromatic N) is 1. The molecule has 0 aliphatic heterocycles. The van der Waals surface area contributed by atoms with Crippen LogP contribution in [0, 0.1) is 0 Å². The molecule has 10 heteroatoms. The van der Waals surface area contributed by atoms with Crippen LogP contribution in [0.25, 0.3) is 11.3 Å². The number of nitrogens with two attached hydrogens (primary N) is 1. The number of thiol groups is 1. The summed E-state index contributed by atoms with van der Waals surface area (Å²) < 4.78 is 16.2. The van der Waals surface area contributed by atoms with Crippen molar-refractivity contribution in [2.24, 2.45) is 5.73 Å². The fourth-order valence-corrected chi connectivity index (χ4v) is 3.20. The fourth-order valence-electron chi connectivity index (χ4n) is 2.51. The number of nitrogens with one attached hydrogen (secondary N) is 2. The Kier molecular flexibility index (Phi) is 10.1. The van der Waals surface area contributed by atoms with Crippen LogP contribution < -0.4 is 21.4 Å². The molecule has 1 aromatic carbocycles. The van der Waals surface area contributed by atoms with Crippen LogP contribution >= 0.6 is 12.6 Å². The van der Waals surface area contributed by atoms with Crippen LogP contribution in [0.3, 0.4) is 0 Å². The lowest BCUT2D eigenvalue weighted by Crippen LogP contribution is -2.41. The van der Waals surface area contributed by atoms with E-state index in [1.54, 1.807) is 6.26 Å². The van der Waals surface area contributed by atoms with E-state index in [-0.39, 0.29) is 11.9 Å². The molecule has 1 aromatic heterocycles. The van der Waals surface area contributed by atoms with Crippen molar-refractivity contribution in [1.82, 2.24) is 10.5 Å². The van der Waals surface area contributed by atoms with Crippen LogP contribution in [0.5, 0.6) is 5.88 Å². The molecule has 3 atom stereocenters. The topological polar surface area (TPSA) is 116 Å². The molecule has 2 aromatic rings. The predicted molar refractivity (Wildman–Crippen MR) is 123 cm³/mol. The molecular formula is C20H28N4O4S2. The standard InChI is InChI=1S/C20H28N4O4S2/c1-27-20(25)18(10-11-30(2)26)24-28-19-17(22-12-15(21)13-29)9-8-16(23-19)14-6-4-3-5-7-14/h3-9,15,18,22,24,29H,10-13,21H2,1-2H3/t15?,18-,30?/m0/s1. The summed E-state index contributed by atoms with van der Waals surface area (Å²) in [5.74, 6) is 0.603. The Morgan fingerprint density at radius 3 is 2.63 bits per heavy atom. The lowest BCUT2D eigenvalue weighted by molar-refractivity contribution is -0.145. The zero-order valence-corrected chi connectivity index (χ0v) is 18.7. The number of carbonyl (C=O) groups is 1. The number of benzene rings is 1. The van der Waals surface area contributed by atoms with E-state index in [1.165, 1.54) is 7.11 Å². The Morgan fingerprint density at radius 1 is 1.27 bits per heavy atom. The maximum Gasteiger partial charge on any atom is 0.326 e. The van der Waals surface area contributed by atoms with Gasteiger partial charge in [0.05, 0.1) is 18.5 Å². The van der Waals surface area contributed by atoms with Crippen molar-refractivity contribution in [3.63, 3.8) is 0 Å². The molecule has 0 saturated carbocycles. The maximum absolute atomic E-state index is 12.0. The Balaban J connectivity index is 2.23. The van der Waals surface area contributed by atoms with Gasteiger partial charge in [-0.3, -0.25) is 9.00 Å². The van der Waals surface area contributed by atoms with Gasteiger partial charge in [-0.15, -0.1) is 5.48 Å². The highest BCUT2D eigenvalue weighted by Crippen LogP contribution is 2.27. The maximum atomic E-state index is 12.0. The second-order valence-corrected chi connectivity index (χ2v) is 8.52. The lowest BCUT2D eigenvalue weighted by Gasteiger charge is -2.19. The van der Waals surface area contributed by atoms with Crippen molar-refractivity contribution in [1.29, 1.82) is 0 Å². The monoisotopic (exact) mass is 452 g/mol. The molecule has 2 rings (SSSR count). The van der Waals surface area contributed by atoms with Crippen LogP contribution in [0.15, 0.2) is 42.5 Å². The minimum Gasteiger partial charge on any atom is -0.468 e. The first kappa shape index (κ1) is 24.1. The highest BCUT2D eigenvalue weighted by atomic mass is 32.2. The van der Waals surface area contributed by atoms with Gasteiger partial charge in [-0.05, 0) is 18.6 Å². The van der Waals surface area contributed by atoms with E-state index < -0.39 is 22.8 Å². The molecular weight excluding hydrogens is 424 g/mol. The molecule has 30 heavy (non-hydrogen) atoms. The van der Waals surface area contributed by atoms with Gasteiger partial charge in [0.25, 0.3) is 5.88 Å². The number of hydrogen-bond donors (Lipinski definition) is 4. The number of ether oxygens (including phenoxy) is 1. The average Bonchev–Trinajstić information content (AvgIpc) is 2.77. The van der Waals surface area contributed by atoms with Crippen molar-refractivity contribution in [2.75, 3.05) is 36.7 Å². The van der Waals surface area contributed by atoms with Gasteiger partial charge < -0.3 is 20.6 Å². The van der Waals surface area contributed by atoms with Gasteiger partial charge >= 0.3 is 5.97 Å². The zero-order valence-electron chi connectivity index (χ0n) is 17.0. The number of esters is 1. The first-order valence-corrected chi connectivity index (χ1v) is 11.8. The summed E-state index contributed by atoms with van der Waals surface area (Å²) in [4.78, 5) is 22.3. The molecule has 0 aliphatic carbocycles. The molecule has 0 aliphatic rings. The molecule has 0 saturated heterocycles. The Bertz CT molecular complexity index is 839. The predicted octanol–water partition coefficient (Wildman–Crippen LogP) is 1.61. The van der Waals surface area contributed by atoms with E-state index in [9.17, 15) is 9.00 Å². The van der Waals surface area contributed by atoms with Gasteiger partial charge in [-0.25, -0.2) is 4.98 Å². The molecule has 2 unspecified atom stereocenters. The van der Waals surface area contributed by atoms with E-state index in [0.29, 0.717) is 35.9 Å². The van der Waals surface area contributed by atoms with Crippen LogP contribution in [-0.4, -0.2) is 58.7 Å². The number of hydrogen-bond acceptors (Lipinski definition) is 9. The van der Waals surface area contributed by atoms with Crippen molar-refractivity contribution in [3.05, 3.63) is 42.5 Å². The van der Waals surface area contributed by atoms with Gasteiger partial charge in [0, 0.05) is 46.7 Å². The van der Waals surface area contributed by atoms with Crippen molar-refractivity contribution < 1.29 is 18.6 Å². The molecule has 164 valence electrons. The SMILES string of the molecule is COC(=O)[C@H](CCS(C)=O)NOc1nc(-c2ccccc2)ccc1NCC(N)CS. The summed E-state index contributed by atoms with van der Waals surface area (Å²) in [6.45, 7) is 0.474. The fraction of sp³-hybridized carbons (Fsp3) is 0.400. The minimum absolute atomic E-state index is 0.148. The van der Waals surface area contributed by atoms with Crippen molar-refractivity contribution in [3.8, 4) is 17.1 Å². The summed E-state index contributed by atoms with van der Waals surface area (Å²) in [5, 5.41) is 3.19. The van der Waals surface area contributed by atoms with Gasteiger partial charge in [-0.2, -0.15) is 12.6 Å². The Hall–Kier alpha value is -2.14. The smallest absolute Gasteiger partial charge is 0.326 e. The molecule has 1 heterocycles.